The van der Waals surface area contributed by atoms with Gasteiger partial charge in [0.25, 0.3) is 0 Å². The van der Waals surface area contributed by atoms with E-state index in [9.17, 15) is 79.5 Å². The molecule has 7 amide bonds. The molecule has 0 radical (unpaired) electrons. The van der Waals surface area contributed by atoms with Gasteiger partial charge >= 0.3 is 0 Å². The highest BCUT2D eigenvalue weighted by molar-refractivity contribution is 5.78. The standard InChI is InChI=1S/C60H105N7O25/c1-2-3-13-53(80)67-60(38-84-29-17-50(77)64-23-10-20-61-47(74)14-4-7-26-87-54-32-41(71)57(81)44(35-68)90-54,39-85-30-18-51(78)65-24-11-21-62-48(75)15-5-8-27-88-55-33-42(72)58(82)45(36-69)91-55)40-86-31-19-52(79)66-25-12-22-63-49(76)16-6-9-28-89-56-34-43(73)59(83)46(37-70)92-56/h1,41-46,54-59,68-73,81-83H,3-40H2,(H,61,74)(H,62,75)(H,63,76)(H,64,77)(H,65,78)(H,66,79)(H,67,80)/t41-,42-,43-,44-,45-,46-,54-,55-,56-,57-,58-,59-/m1/s1. The summed E-state index contributed by atoms with van der Waals surface area (Å²) < 4.78 is 51.0. The Hall–Kier alpha value is -4.87. The minimum Gasteiger partial charge on any atom is -0.394 e. The average Bonchev–Trinajstić information content (AvgIpc) is 1.04. The van der Waals surface area contributed by atoms with Gasteiger partial charge in [0, 0.05) is 130 Å². The molecule has 3 fully saturated rings. The molecule has 0 aliphatic carbocycles. The lowest BCUT2D eigenvalue weighted by atomic mass is 10.0. The minimum atomic E-state index is -1.39. The first-order valence-electron chi connectivity index (χ1n) is 32.1. The summed E-state index contributed by atoms with van der Waals surface area (Å²) >= 11 is 0. The van der Waals surface area contributed by atoms with Gasteiger partial charge in [0.2, 0.25) is 41.4 Å². The van der Waals surface area contributed by atoms with Crippen LogP contribution in [-0.4, -0.2) is 285 Å². The fourth-order valence-corrected chi connectivity index (χ4v) is 9.57. The number of aliphatic hydroxyl groups excluding tert-OH is 9. The van der Waals surface area contributed by atoms with E-state index in [1.807, 2.05) is 0 Å². The van der Waals surface area contributed by atoms with Crippen LogP contribution in [0.15, 0.2) is 0 Å². The van der Waals surface area contributed by atoms with Gasteiger partial charge in [-0.2, -0.15) is 0 Å². The van der Waals surface area contributed by atoms with Crippen LogP contribution in [0.25, 0.3) is 0 Å². The van der Waals surface area contributed by atoms with Gasteiger partial charge in [-0.25, -0.2) is 0 Å². The summed E-state index contributed by atoms with van der Waals surface area (Å²) in [5.41, 5.74) is -1.39. The Morgan fingerprint density at radius 1 is 0.391 bits per heavy atom. The molecule has 3 heterocycles. The van der Waals surface area contributed by atoms with E-state index in [-0.39, 0.29) is 185 Å². The molecule has 3 saturated heterocycles. The molecule has 3 aliphatic rings. The number of nitrogens with one attached hydrogen (secondary N) is 7. The molecule has 0 aromatic carbocycles. The van der Waals surface area contributed by atoms with Crippen LogP contribution in [0.1, 0.15) is 128 Å². The first kappa shape index (κ1) is 81.4. The van der Waals surface area contributed by atoms with Crippen LogP contribution in [0.3, 0.4) is 0 Å². The number of carbonyl (C=O) groups excluding carboxylic acids is 7. The first-order valence-corrected chi connectivity index (χ1v) is 32.1. The lowest BCUT2D eigenvalue weighted by Crippen LogP contribution is -2.58. The van der Waals surface area contributed by atoms with Gasteiger partial charge in [-0.3, -0.25) is 33.6 Å². The van der Waals surface area contributed by atoms with E-state index in [2.05, 4.69) is 43.1 Å². The van der Waals surface area contributed by atoms with E-state index in [0.717, 1.165) is 0 Å². The summed E-state index contributed by atoms with van der Waals surface area (Å²) in [4.78, 5) is 88.8. The topological polar surface area (TPSA) is 469 Å². The van der Waals surface area contributed by atoms with Crippen molar-refractivity contribution in [3.8, 4) is 12.3 Å². The van der Waals surface area contributed by atoms with Gasteiger partial charge in [0.15, 0.2) is 18.9 Å². The Bertz CT molecular complexity index is 1930. The summed E-state index contributed by atoms with van der Waals surface area (Å²) in [5.74, 6) is 0.378. The minimum absolute atomic E-state index is 0.0542. The molecule has 0 aromatic heterocycles. The number of terminal acetylenes is 1. The van der Waals surface area contributed by atoms with Crippen molar-refractivity contribution in [2.75, 3.05) is 119 Å². The summed E-state index contributed by atoms with van der Waals surface area (Å²) in [6.45, 7) is 0.0802. The summed E-state index contributed by atoms with van der Waals surface area (Å²) in [7, 11) is 0. The number of rotatable bonds is 51. The zero-order valence-corrected chi connectivity index (χ0v) is 52.9. The van der Waals surface area contributed by atoms with E-state index in [1.54, 1.807) is 0 Å². The van der Waals surface area contributed by atoms with E-state index < -0.39 is 105 Å². The molecule has 0 saturated carbocycles. The third kappa shape index (κ3) is 35.6. The fourth-order valence-electron chi connectivity index (χ4n) is 9.57. The zero-order valence-electron chi connectivity index (χ0n) is 52.9. The quantitative estimate of drug-likeness (QED) is 0.0201. The van der Waals surface area contributed by atoms with Crippen LogP contribution in [0, 0.1) is 12.3 Å². The zero-order chi connectivity index (χ0) is 67.4. The molecule has 32 nitrogen and oxygen atoms in total. The number of amides is 7. The summed E-state index contributed by atoms with van der Waals surface area (Å²) in [6, 6.07) is 0. The molecule has 12 atom stereocenters. The molecule has 92 heavy (non-hydrogen) atoms. The second kappa shape index (κ2) is 48.8. The predicted molar refractivity (Wildman–Crippen MR) is 324 cm³/mol. The summed E-state index contributed by atoms with van der Waals surface area (Å²) in [6.07, 6.45) is -1.48. The Labute approximate surface area is 537 Å². The van der Waals surface area contributed by atoms with Crippen LogP contribution < -0.4 is 37.2 Å². The van der Waals surface area contributed by atoms with Crippen LogP contribution >= 0.6 is 0 Å². The van der Waals surface area contributed by atoms with Gasteiger partial charge in [-0.15, -0.1) is 12.3 Å². The Kier molecular flexibility index (Phi) is 43.1. The molecule has 530 valence electrons. The summed E-state index contributed by atoms with van der Waals surface area (Å²) in [5, 5.41) is 107. The van der Waals surface area contributed by atoms with Crippen molar-refractivity contribution in [2.45, 2.75) is 208 Å². The number of hydrogen-bond acceptors (Lipinski definition) is 25. The monoisotopic (exact) mass is 1320 g/mol. The lowest BCUT2D eigenvalue weighted by Gasteiger charge is -2.36. The average molecular weight is 1320 g/mol. The molecule has 16 N–H and O–H groups in total. The van der Waals surface area contributed by atoms with Crippen molar-refractivity contribution in [3.63, 3.8) is 0 Å². The van der Waals surface area contributed by atoms with E-state index >= 15 is 0 Å². The lowest BCUT2D eigenvalue weighted by molar-refractivity contribution is -0.257. The fraction of sp³-hybridized carbons (Fsp3) is 0.850. The highest BCUT2D eigenvalue weighted by Crippen LogP contribution is 2.24. The highest BCUT2D eigenvalue weighted by atomic mass is 16.7. The van der Waals surface area contributed by atoms with Crippen LogP contribution in [0.4, 0.5) is 0 Å². The second-order valence-electron chi connectivity index (χ2n) is 22.8. The van der Waals surface area contributed by atoms with Crippen molar-refractivity contribution in [1.29, 1.82) is 0 Å². The molecule has 32 heteroatoms. The van der Waals surface area contributed by atoms with Crippen LogP contribution in [0.5, 0.6) is 0 Å². The highest BCUT2D eigenvalue weighted by Gasteiger charge is 2.39. The van der Waals surface area contributed by atoms with Gasteiger partial charge in [0.05, 0.1) is 77.8 Å². The number of hydrogen-bond donors (Lipinski definition) is 16. The predicted octanol–water partition coefficient (Wildman–Crippen LogP) is -4.61. The molecule has 3 rings (SSSR count). The first-order chi connectivity index (χ1) is 44.3. The largest absolute Gasteiger partial charge is 0.394 e. The van der Waals surface area contributed by atoms with Gasteiger partial charge in [0.1, 0.15) is 42.2 Å². The van der Waals surface area contributed by atoms with Crippen LogP contribution in [0.2, 0.25) is 0 Å². The SMILES string of the molecule is C#CCCC(=O)NC(COCCC(=O)NCCCNC(=O)CCCCO[C@H]1C[C@@H](O)[C@@H](O)[C@@H](CO)O1)(COCCC(=O)NCCCNC(=O)CCCCO[C@H]1C[C@@H](O)[C@@H](O)[C@@H](CO)O1)COCCC(=O)NCCCNC(=O)CCCCO[C@H]1C[C@@H](O)[C@@H](O)[C@@H](CO)O1. The number of ether oxygens (including phenoxy) is 9. The number of aliphatic hydroxyl groups is 9. The van der Waals surface area contributed by atoms with Gasteiger partial charge in [-0.1, -0.05) is 0 Å². The molecule has 0 unspecified atom stereocenters. The van der Waals surface area contributed by atoms with E-state index in [1.165, 1.54) is 0 Å². The maximum atomic E-state index is 13.3. The molecule has 3 aliphatic heterocycles. The maximum Gasteiger partial charge on any atom is 0.222 e. The molecule has 0 aromatic rings. The van der Waals surface area contributed by atoms with Crippen molar-refractivity contribution in [1.82, 2.24) is 37.2 Å². The number of carbonyl (C=O) groups is 7. The van der Waals surface area contributed by atoms with Gasteiger partial charge in [-0.05, 0) is 57.8 Å². The normalized spacial score (nSPS) is 24.0. The van der Waals surface area contributed by atoms with Crippen molar-refractivity contribution in [2.24, 2.45) is 0 Å². The van der Waals surface area contributed by atoms with Crippen LogP contribution in [-0.2, 0) is 76.2 Å². The van der Waals surface area contributed by atoms with Crippen molar-refractivity contribution >= 4 is 41.4 Å². The Balaban J connectivity index is 1.40. The molecular weight excluding hydrogens is 1220 g/mol. The maximum absolute atomic E-state index is 13.3. The Morgan fingerprint density at radius 2 is 0.674 bits per heavy atom. The second-order valence-corrected chi connectivity index (χ2v) is 22.8. The molecule has 0 spiro atoms. The number of unbranched alkanes of at least 4 members (excludes halogenated alkanes) is 3. The Morgan fingerprint density at radius 3 is 0.946 bits per heavy atom. The third-order valence-electron chi connectivity index (χ3n) is 14.9. The van der Waals surface area contributed by atoms with E-state index in [0.29, 0.717) is 77.4 Å². The third-order valence-corrected chi connectivity index (χ3v) is 14.9. The van der Waals surface area contributed by atoms with Gasteiger partial charge < -0.3 is 126 Å². The van der Waals surface area contributed by atoms with E-state index in [4.69, 9.17) is 49.1 Å². The smallest absolute Gasteiger partial charge is 0.222 e. The van der Waals surface area contributed by atoms with Crippen molar-refractivity contribution in [3.05, 3.63) is 0 Å². The molecule has 0 bridgehead atoms. The molecular formula is C60H105N7O25. The van der Waals surface area contributed by atoms with Crippen molar-refractivity contribution < 1.29 is 122 Å².